The molecule has 0 fully saturated rings. The van der Waals surface area contributed by atoms with Crippen LogP contribution in [0.1, 0.15) is 5.56 Å². The summed E-state index contributed by atoms with van der Waals surface area (Å²) < 4.78 is 0. The summed E-state index contributed by atoms with van der Waals surface area (Å²) >= 11 is 0. The Hall–Kier alpha value is -3.47. The SMILES string of the molecule is Oc1ccc(N=Nc2ccccc2)cc1C=NNc1ccccc1. The molecule has 3 rings (SSSR count). The molecule has 0 spiro atoms. The van der Waals surface area contributed by atoms with Crippen LogP contribution in [0.5, 0.6) is 5.75 Å². The van der Waals surface area contributed by atoms with Crippen molar-refractivity contribution in [2.75, 3.05) is 5.43 Å². The van der Waals surface area contributed by atoms with Crippen LogP contribution in [0, 0.1) is 0 Å². The number of phenolic OH excluding ortho intramolecular Hbond substituents is 1. The van der Waals surface area contributed by atoms with Gasteiger partial charge in [0, 0.05) is 5.56 Å². The van der Waals surface area contributed by atoms with E-state index in [1.165, 1.54) is 0 Å². The van der Waals surface area contributed by atoms with Gasteiger partial charge in [-0.3, -0.25) is 5.43 Å². The molecule has 0 aromatic heterocycles. The molecule has 0 saturated heterocycles. The Kier molecular flexibility index (Phi) is 4.94. The van der Waals surface area contributed by atoms with Gasteiger partial charge in [-0.1, -0.05) is 36.4 Å². The second-order valence-corrected chi connectivity index (χ2v) is 5.01. The van der Waals surface area contributed by atoms with Crippen molar-refractivity contribution in [3.8, 4) is 5.75 Å². The van der Waals surface area contributed by atoms with Crippen LogP contribution in [-0.2, 0) is 0 Å². The molecule has 3 aromatic carbocycles. The number of aromatic hydroxyl groups is 1. The van der Waals surface area contributed by atoms with E-state index in [1.807, 2.05) is 60.7 Å². The monoisotopic (exact) mass is 316 g/mol. The van der Waals surface area contributed by atoms with E-state index in [9.17, 15) is 5.11 Å². The molecule has 24 heavy (non-hydrogen) atoms. The maximum atomic E-state index is 9.93. The normalized spacial score (nSPS) is 11.2. The molecule has 0 aliphatic rings. The molecule has 0 unspecified atom stereocenters. The Morgan fingerprint density at radius 2 is 1.42 bits per heavy atom. The van der Waals surface area contributed by atoms with Gasteiger partial charge in [-0.15, -0.1) is 0 Å². The van der Waals surface area contributed by atoms with Gasteiger partial charge >= 0.3 is 0 Å². The minimum Gasteiger partial charge on any atom is -0.507 e. The number of hydrazone groups is 1. The van der Waals surface area contributed by atoms with Crippen LogP contribution in [-0.4, -0.2) is 11.3 Å². The number of hydrogen-bond acceptors (Lipinski definition) is 5. The molecule has 0 atom stereocenters. The van der Waals surface area contributed by atoms with E-state index in [-0.39, 0.29) is 5.75 Å². The van der Waals surface area contributed by atoms with Crippen LogP contribution in [0.4, 0.5) is 17.1 Å². The number of para-hydroxylation sites is 1. The molecular weight excluding hydrogens is 300 g/mol. The van der Waals surface area contributed by atoms with E-state index in [2.05, 4.69) is 20.8 Å². The lowest BCUT2D eigenvalue weighted by Gasteiger charge is -2.01. The Morgan fingerprint density at radius 1 is 0.750 bits per heavy atom. The number of benzene rings is 3. The topological polar surface area (TPSA) is 69.3 Å². The van der Waals surface area contributed by atoms with Gasteiger partial charge in [0.25, 0.3) is 0 Å². The quantitative estimate of drug-likeness (QED) is 0.383. The highest BCUT2D eigenvalue weighted by Crippen LogP contribution is 2.24. The molecule has 0 amide bonds. The van der Waals surface area contributed by atoms with Crippen LogP contribution >= 0.6 is 0 Å². The maximum Gasteiger partial charge on any atom is 0.124 e. The first-order valence-corrected chi connectivity index (χ1v) is 7.45. The summed E-state index contributed by atoms with van der Waals surface area (Å²) in [6, 6.07) is 24.0. The largest absolute Gasteiger partial charge is 0.507 e. The zero-order valence-corrected chi connectivity index (χ0v) is 12.9. The minimum absolute atomic E-state index is 0.132. The third-order valence-electron chi connectivity index (χ3n) is 3.22. The van der Waals surface area contributed by atoms with Gasteiger partial charge in [0.2, 0.25) is 0 Å². The minimum atomic E-state index is 0.132. The van der Waals surface area contributed by atoms with E-state index < -0.39 is 0 Å². The summed E-state index contributed by atoms with van der Waals surface area (Å²) in [6.07, 6.45) is 1.55. The maximum absolute atomic E-state index is 9.93. The average molecular weight is 316 g/mol. The van der Waals surface area contributed by atoms with Crippen LogP contribution in [0.25, 0.3) is 0 Å². The fraction of sp³-hybridized carbons (Fsp3) is 0. The number of rotatable bonds is 5. The van der Waals surface area contributed by atoms with Gasteiger partial charge in [-0.05, 0) is 42.5 Å². The highest BCUT2D eigenvalue weighted by atomic mass is 16.3. The molecule has 0 radical (unpaired) electrons. The Bertz CT molecular complexity index is 846. The summed E-state index contributed by atoms with van der Waals surface area (Å²) in [4.78, 5) is 0. The zero-order chi connectivity index (χ0) is 16.6. The summed E-state index contributed by atoms with van der Waals surface area (Å²) in [7, 11) is 0. The van der Waals surface area contributed by atoms with Crippen LogP contribution in [0.2, 0.25) is 0 Å². The second-order valence-electron chi connectivity index (χ2n) is 5.01. The van der Waals surface area contributed by atoms with Crippen molar-refractivity contribution in [1.29, 1.82) is 0 Å². The smallest absolute Gasteiger partial charge is 0.124 e. The summed E-state index contributed by atoms with van der Waals surface area (Å²) in [6.45, 7) is 0. The third-order valence-corrected chi connectivity index (χ3v) is 3.22. The number of anilines is 1. The van der Waals surface area contributed by atoms with Crippen LogP contribution in [0.3, 0.4) is 0 Å². The summed E-state index contributed by atoms with van der Waals surface area (Å²) in [5.41, 5.74) is 5.74. The first kappa shape index (κ1) is 15.4. The first-order valence-electron chi connectivity index (χ1n) is 7.45. The van der Waals surface area contributed by atoms with E-state index in [1.54, 1.807) is 24.4 Å². The molecule has 0 aliphatic heterocycles. The Balaban J connectivity index is 1.73. The van der Waals surface area contributed by atoms with E-state index >= 15 is 0 Å². The number of phenols is 1. The molecule has 5 nitrogen and oxygen atoms in total. The van der Waals surface area contributed by atoms with Gasteiger partial charge < -0.3 is 5.11 Å². The standard InChI is InChI=1S/C19H16N4O/c24-19-12-11-18(23-22-17-9-5-2-6-10-17)13-15(19)14-20-21-16-7-3-1-4-8-16/h1-14,21,24H. The van der Waals surface area contributed by atoms with Crippen molar-refractivity contribution in [3.63, 3.8) is 0 Å². The first-order chi connectivity index (χ1) is 11.8. The van der Waals surface area contributed by atoms with Gasteiger partial charge in [-0.25, -0.2) is 0 Å². The van der Waals surface area contributed by atoms with Gasteiger partial charge in [0.15, 0.2) is 0 Å². The average Bonchev–Trinajstić information content (AvgIpc) is 2.64. The van der Waals surface area contributed by atoms with Gasteiger partial charge in [0.05, 0.1) is 23.3 Å². The van der Waals surface area contributed by atoms with Crippen molar-refractivity contribution in [2.45, 2.75) is 0 Å². The lowest BCUT2D eigenvalue weighted by atomic mass is 10.2. The van der Waals surface area contributed by atoms with Crippen molar-refractivity contribution in [2.24, 2.45) is 15.3 Å². The Labute approximate surface area is 140 Å². The molecule has 118 valence electrons. The predicted molar refractivity (Wildman–Crippen MR) is 96.4 cm³/mol. The molecule has 0 saturated carbocycles. The number of azo groups is 1. The molecule has 5 heteroatoms. The predicted octanol–water partition coefficient (Wildman–Crippen LogP) is 5.25. The molecule has 0 bridgehead atoms. The van der Waals surface area contributed by atoms with Gasteiger partial charge in [0.1, 0.15) is 5.75 Å². The molecular formula is C19H16N4O. The summed E-state index contributed by atoms with van der Waals surface area (Å²) in [5, 5.41) is 22.4. The Morgan fingerprint density at radius 3 is 2.17 bits per heavy atom. The zero-order valence-electron chi connectivity index (χ0n) is 12.9. The van der Waals surface area contributed by atoms with Gasteiger partial charge in [-0.2, -0.15) is 15.3 Å². The van der Waals surface area contributed by atoms with Crippen LogP contribution < -0.4 is 5.43 Å². The van der Waals surface area contributed by atoms with E-state index in [0.29, 0.717) is 11.3 Å². The van der Waals surface area contributed by atoms with E-state index in [0.717, 1.165) is 11.4 Å². The molecule has 2 N–H and O–H groups in total. The highest BCUT2D eigenvalue weighted by molar-refractivity contribution is 5.85. The van der Waals surface area contributed by atoms with E-state index in [4.69, 9.17) is 0 Å². The second kappa shape index (κ2) is 7.69. The van der Waals surface area contributed by atoms with Crippen molar-refractivity contribution < 1.29 is 5.11 Å². The molecule has 0 aliphatic carbocycles. The fourth-order valence-corrected chi connectivity index (χ4v) is 2.01. The van der Waals surface area contributed by atoms with Crippen molar-refractivity contribution >= 4 is 23.3 Å². The molecule has 3 aromatic rings. The lowest BCUT2D eigenvalue weighted by Crippen LogP contribution is -1.90. The fourth-order valence-electron chi connectivity index (χ4n) is 2.01. The highest BCUT2D eigenvalue weighted by Gasteiger charge is 2.00. The lowest BCUT2D eigenvalue weighted by molar-refractivity contribution is 0.474. The summed E-state index contributed by atoms with van der Waals surface area (Å²) in [5.74, 6) is 0.132. The van der Waals surface area contributed by atoms with Crippen molar-refractivity contribution in [1.82, 2.24) is 0 Å². The third kappa shape index (κ3) is 4.27. The van der Waals surface area contributed by atoms with Crippen LogP contribution in [0.15, 0.2) is 94.2 Å². The molecule has 0 heterocycles. The number of nitrogens with one attached hydrogen (secondary N) is 1. The van der Waals surface area contributed by atoms with Crippen molar-refractivity contribution in [3.05, 3.63) is 84.4 Å². The number of nitrogens with zero attached hydrogens (tertiary/aromatic N) is 3. The number of hydrogen-bond donors (Lipinski definition) is 2.